The molecule has 0 heterocycles. The normalized spacial score (nSPS) is 11.3. The number of hydrogen-bond acceptors (Lipinski definition) is 3. The van der Waals surface area contributed by atoms with Crippen LogP contribution >= 0.6 is 23.2 Å². The minimum Gasteiger partial charge on any atom is -0.324 e. The summed E-state index contributed by atoms with van der Waals surface area (Å²) in [4.78, 5) is 11.6. The van der Waals surface area contributed by atoms with E-state index in [2.05, 4.69) is 5.32 Å². The summed E-state index contributed by atoms with van der Waals surface area (Å²) in [5, 5.41) is 3.26. The van der Waals surface area contributed by atoms with Crippen molar-refractivity contribution in [2.45, 2.75) is 12.8 Å². The molecule has 0 saturated heterocycles. The Hall–Kier alpha value is -0.780. The van der Waals surface area contributed by atoms with Crippen LogP contribution < -0.4 is 5.32 Å². The monoisotopic (exact) mass is 309 g/mol. The number of anilines is 1. The number of halogens is 2. The van der Waals surface area contributed by atoms with Crippen molar-refractivity contribution in [1.29, 1.82) is 0 Å². The van der Waals surface area contributed by atoms with Crippen molar-refractivity contribution in [2.75, 3.05) is 17.3 Å². The molecule has 100 valence electrons. The van der Waals surface area contributed by atoms with Crippen LogP contribution in [0.15, 0.2) is 18.2 Å². The zero-order valence-electron chi connectivity index (χ0n) is 9.74. The quantitative estimate of drug-likeness (QED) is 0.909. The first-order chi connectivity index (χ1) is 8.29. The van der Waals surface area contributed by atoms with Crippen molar-refractivity contribution in [2.24, 2.45) is 0 Å². The maximum absolute atomic E-state index is 11.6. The number of carbonyl (C=O) groups is 1. The standard InChI is InChI=1S/C11H13Cl2NO3S/c1-18(16,17)7-3-6-10(15)14-11-8(12)4-2-5-9(11)13/h2,4-5H,3,6-7H2,1H3,(H,14,15). The summed E-state index contributed by atoms with van der Waals surface area (Å²) < 4.78 is 21.8. The summed E-state index contributed by atoms with van der Waals surface area (Å²) >= 11 is 11.8. The highest BCUT2D eigenvalue weighted by molar-refractivity contribution is 7.90. The largest absolute Gasteiger partial charge is 0.324 e. The Morgan fingerprint density at radius 2 is 1.83 bits per heavy atom. The zero-order valence-corrected chi connectivity index (χ0v) is 12.1. The molecular weight excluding hydrogens is 297 g/mol. The molecule has 1 aromatic rings. The molecule has 0 radical (unpaired) electrons. The predicted molar refractivity (Wildman–Crippen MR) is 74.0 cm³/mol. The van der Waals surface area contributed by atoms with E-state index in [-0.39, 0.29) is 24.5 Å². The van der Waals surface area contributed by atoms with E-state index in [9.17, 15) is 13.2 Å². The first kappa shape index (κ1) is 15.3. The minimum absolute atomic E-state index is 0.0172. The Kier molecular flexibility index (Phi) is 5.44. The summed E-state index contributed by atoms with van der Waals surface area (Å²) in [5.41, 5.74) is 0.352. The average molecular weight is 310 g/mol. The summed E-state index contributed by atoms with van der Waals surface area (Å²) in [6.07, 6.45) is 1.51. The van der Waals surface area contributed by atoms with Crippen molar-refractivity contribution in [1.82, 2.24) is 0 Å². The first-order valence-corrected chi connectivity index (χ1v) is 8.03. The van der Waals surface area contributed by atoms with Crippen molar-refractivity contribution in [3.05, 3.63) is 28.2 Å². The molecular formula is C11H13Cl2NO3S. The third-order valence-corrected chi connectivity index (χ3v) is 3.81. The number of para-hydroxylation sites is 1. The molecule has 0 spiro atoms. The number of carbonyl (C=O) groups excluding carboxylic acids is 1. The van der Waals surface area contributed by atoms with Gasteiger partial charge in [0.2, 0.25) is 5.91 Å². The molecule has 0 aliphatic rings. The van der Waals surface area contributed by atoms with Crippen molar-refractivity contribution in [3.8, 4) is 0 Å². The smallest absolute Gasteiger partial charge is 0.224 e. The van der Waals surface area contributed by atoms with Gasteiger partial charge < -0.3 is 5.32 Å². The van der Waals surface area contributed by atoms with Crippen molar-refractivity contribution < 1.29 is 13.2 Å². The van der Waals surface area contributed by atoms with Crippen LogP contribution in [0.25, 0.3) is 0 Å². The molecule has 1 amide bonds. The Bertz CT molecular complexity index is 523. The number of rotatable bonds is 5. The number of hydrogen-bond donors (Lipinski definition) is 1. The Morgan fingerprint density at radius 3 is 2.33 bits per heavy atom. The number of amides is 1. The van der Waals surface area contributed by atoms with Crippen LogP contribution in [0.3, 0.4) is 0 Å². The maximum Gasteiger partial charge on any atom is 0.224 e. The fraction of sp³-hybridized carbons (Fsp3) is 0.364. The summed E-state index contributed by atoms with van der Waals surface area (Å²) in [6, 6.07) is 4.89. The zero-order chi connectivity index (χ0) is 13.8. The van der Waals surface area contributed by atoms with Crippen LogP contribution in [-0.4, -0.2) is 26.3 Å². The van der Waals surface area contributed by atoms with Gasteiger partial charge in [-0.25, -0.2) is 8.42 Å². The molecule has 1 N–H and O–H groups in total. The SMILES string of the molecule is CS(=O)(=O)CCCC(=O)Nc1c(Cl)cccc1Cl. The third kappa shape index (κ3) is 5.25. The van der Waals surface area contributed by atoms with E-state index in [0.717, 1.165) is 6.26 Å². The van der Waals surface area contributed by atoms with Crippen LogP contribution in [0.1, 0.15) is 12.8 Å². The molecule has 7 heteroatoms. The maximum atomic E-state index is 11.6. The summed E-state index contributed by atoms with van der Waals surface area (Å²) in [7, 11) is -3.04. The first-order valence-electron chi connectivity index (χ1n) is 5.21. The fourth-order valence-corrected chi connectivity index (χ4v) is 2.47. The van der Waals surface area contributed by atoms with E-state index >= 15 is 0 Å². The van der Waals surface area contributed by atoms with Crippen LogP contribution in [-0.2, 0) is 14.6 Å². The molecule has 0 fully saturated rings. The molecule has 0 aromatic heterocycles. The molecule has 4 nitrogen and oxygen atoms in total. The number of benzene rings is 1. The van der Waals surface area contributed by atoms with Crippen LogP contribution in [0, 0.1) is 0 Å². The van der Waals surface area contributed by atoms with Gasteiger partial charge in [-0.2, -0.15) is 0 Å². The van der Waals surface area contributed by atoms with Crippen LogP contribution in [0.2, 0.25) is 10.0 Å². The van der Waals surface area contributed by atoms with Crippen LogP contribution in [0.5, 0.6) is 0 Å². The lowest BCUT2D eigenvalue weighted by atomic mass is 10.3. The van der Waals surface area contributed by atoms with Gasteiger partial charge in [-0.05, 0) is 18.6 Å². The lowest BCUT2D eigenvalue weighted by Gasteiger charge is -2.08. The fourth-order valence-electron chi connectivity index (χ4n) is 1.31. The molecule has 0 aliphatic carbocycles. The number of nitrogens with one attached hydrogen (secondary N) is 1. The van der Waals surface area contributed by atoms with E-state index in [1.54, 1.807) is 18.2 Å². The van der Waals surface area contributed by atoms with Gasteiger partial charge in [0, 0.05) is 12.7 Å². The van der Waals surface area contributed by atoms with Gasteiger partial charge in [-0.15, -0.1) is 0 Å². The molecule has 0 atom stereocenters. The second-order valence-electron chi connectivity index (χ2n) is 3.88. The Labute approximate surface area is 116 Å². The van der Waals surface area contributed by atoms with Gasteiger partial charge in [0.1, 0.15) is 9.84 Å². The van der Waals surface area contributed by atoms with E-state index in [1.165, 1.54) is 0 Å². The van der Waals surface area contributed by atoms with E-state index < -0.39 is 9.84 Å². The van der Waals surface area contributed by atoms with Gasteiger partial charge >= 0.3 is 0 Å². The minimum atomic E-state index is -3.04. The second-order valence-corrected chi connectivity index (χ2v) is 6.95. The van der Waals surface area contributed by atoms with Gasteiger partial charge in [0.15, 0.2) is 0 Å². The van der Waals surface area contributed by atoms with E-state index in [1.807, 2.05) is 0 Å². The van der Waals surface area contributed by atoms with Gasteiger partial charge in [-0.1, -0.05) is 29.3 Å². The lowest BCUT2D eigenvalue weighted by Crippen LogP contribution is -2.14. The lowest BCUT2D eigenvalue weighted by molar-refractivity contribution is -0.116. The van der Waals surface area contributed by atoms with Gasteiger partial charge in [-0.3, -0.25) is 4.79 Å². The Balaban J connectivity index is 2.55. The van der Waals surface area contributed by atoms with Crippen molar-refractivity contribution in [3.63, 3.8) is 0 Å². The molecule has 1 rings (SSSR count). The highest BCUT2D eigenvalue weighted by atomic mass is 35.5. The molecule has 0 aliphatic heterocycles. The number of sulfone groups is 1. The highest BCUT2D eigenvalue weighted by Crippen LogP contribution is 2.29. The molecule has 18 heavy (non-hydrogen) atoms. The molecule has 1 aromatic carbocycles. The summed E-state index contributed by atoms with van der Waals surface area (Å²) in [6.45, 7) is 0. The average Bonchev–Trinajstić information content (AvgIpc) is 2.22. The predicted octanol–water partition coefficient (Wildman–Crippen LogP) is 2.76. The van der Waals surface area contributed by atoms with Gasteiger partial charge in [0.25, 0.3) is 0 Å². The van der Waals surface area contributed by atoms with E-state index in [0.29, 0.717) is 15.7 Å². The second kappa shape index (κ2) is 6.41. The molecule has 0 unspecified atom stereocenters. The summed E-state index contributed by atoms with van der Waals surface area (Å²) in [5.74, 6) is -0.329. The highest BCUT2D eigenvalue weighted by Gasteiger charge is 2.10. The third-order valence-electron chi connectivity index (χ3n) is 2.15. The van der Waals surface area contributed by atoms with E-state index in [4.69, 9.17) is 23.2 Å². The molecule has 0 saturated carbocycles. The van der Waals surface area contributed by atoms with Crippen LogP contribution in [0.4, 0.5) is 5.69 Å². The van der Waals surface area contributed by atoms with Crippen molar-refractivity contribution >= 4 is 44.6 Å². The Morgan fingerprint density at radius 1 is 1.28 bits per heavy atom. The topological polar surface area (TPSA) is 63.2 Å². The van der Waals surface area contributed by atoms with Gasteiger partial charge in [0.05, 0.1) is 21.5 Å². The molecule has 0 bridgehead atoms.